The van der Waals surface area contributed by atoms with E-state index < -0.39 is 11.9 Å². The highest BCUT2D eigenvalue weighted by molar-refractivity contribution is 7.07. The molecular weight excluding hydrogens is 525 g/mol. The van der Waals surface area contributed by atoms with Gasteiger partial charge in [-0.2, -0.15) is 0 Å². The Morgan fingerprint density at radius 3 is 2.58 bits per heavy atom. The van der Waals surface area contributed by atoms with Crippen molar-refractivity contribution >= 4 is 40.6 Å². The van der Waals surface area contributed by atoms with Crippen molar-refractivity contribution in [2.45, 2.75) is 19.9 Å². The number of para-hydroxylation sites is 1. The van der Waals surface area contributed by atoms with Gasteiger partial charge in [0, 0.05) is 5.69 Å². The highest BCUT2D eigenvalue weighted by atomic mass is 35.5. The number of thiazole rings is 1. The molecule has 38 heavy (non-hydrogen) atoms. The lowest BCUT2D eigenvalue weighted by atomic mass is 9.95. The summed E-state index contributed by atoms with van der Waals surface area (Å²) >= 11 is 7.56. The van der Waals surface area contributed by atoms with E-state index >= 15 is 0 Å². The third-order valence-corrected chi connectivity index (χ3v) is 7.32. The number of anilines is 1. The molecule has 0 aliphatic carbocycles. The van der Waals surface area contributed by atoms with E-state index in [-0.39, 0.29) is 11.5 Å². The number of hydrogen-bond donors (Lipinski definition) is 1. The fourth-order valence-electron chi connectivity index (χ4n) is 4.32. The minimum Gasteiger partial charge on any atom is -0.492 e. The molecule has 0 fully saturated rings. The second-order valence-corrected chi connectivity index (χ2v) is 9.99. The zero-order valence-corrected chi connectivity index (χ0v) is 22.1. The van der Waals surface area contributed by atoms with Gasteiger partial charge in [-0.05, 0) is 67.4 Å². The number of aromatic nitrogens is 1. The van der Waals surface area contributed by atoms with E-state index in [2.05, 4.69) is 10.3 Å². The number of ether oxygens (including phenoxy) is 1. The van der Waals surface area contributed by atoms with Crippen LogP contribution in [0, 0.1) is 5.82 Å². The number of carbonyl (C=O) groups is 1. The third kappa shape index (κ3) is 5.05. The predicted octanol–water partition coefficient (Wildman–Crippen LogP) is 5.07. The van der Waals surface area contributed by atoms with Crippen LogP contribution in [0.3, 0.4) is 0 Å². The molecule has 0 bridgehead atoms. The number of allylic oxidation sites excluding steroid dienone is 1. The summed E-state index contributed by atoms with van der Waals surface area (Å²) < 4.78 is 21.2. The molecule has 9 heteroatoms. The van der Waals surface area contributed by atoms with Crippen LogP contribution in [0.2, 0.25) is 5.02 Å². The van der Waals surface area contributed by atoms with E-state index in [0.717, 1.165) is 5.56 Å². The summed E-state index contributed by atoms with van der Waals surface area (Å²) in [4.78, 5) is 32.3. The van der Waals surface area contributed by atoms with Crippen LogP contribution < -0.4 is 24.9 Å². The number of fused-ring (bicyclic) bond motifs is 1. The number of benzene rings is 3. The molecule has 1 atom stereocenters. The highest BCUT2D eigenvalue weighted by Gasteiger charge is 2.32. The standard InChI is InChI=1S/C29H23ClFN3O3S/c1-3-37-23-14-9-18(15-22(23)30)16-24-28(36)34-26(19-10-12-20(31)13-11-19)25(17(2)32-29(34)38-24)27(35)33-21-7-5-4-6-8-21/h4-16,26H,3H2,1-2H3,(H,33,35)/b24-16-/t26-/m1/s1. The predicted molar refractivity (Wildman–Crippen MR) is 148 cm³/mol. The number of carbonyl (C=O) groups excluding carboxylic acids is 1. The molecule has 1 aliphatic rings. The first-order chi connectivity index (χ1) is 18.4. The molecule has 5 rings (SSSR count). The minimum absolute atomic E-state index is 0.309. The summed E-state index contributed by atoms with van der Waals surface area (Å²) in [5.41, 5.74) is 2.40. The molecule has 1 aromatic heterocycles. The first kappa shape index (κ1) is 25.6. The van der Waals surface area contributed by atoms with Crippen LogP contribution in [0.15, 0.2) is 93.9 Å². The lowest BCUT2D eigenvalue weighted by Crippen LogP contribution is -2.40. The van der Waals surface area contributed by atoms with Crippen molar-refractivity contribution in [1.29, 1.82) is 0 Å². The molecule has 3 aromatic carbocycles. The Kier molecular flexibility index (Phi) is 7.26. The van der Waals surface area contributed by atoms with E-state index in [0.29, 0.717) is 49.2 Å². The zero-order valence-electron chi connectivity index (χ0n) is 20.6. The molecule has 0 spiro atoms. The summed E-state index contributed by atoms with van der Waals surface area (Å²) in [6.07, 6.45) is 1.73. The second-order valence-electron chi connectivity index (χ2n) is 8.58. The first-order valence-electron chi connectivity index (χ1n) is 11.9. The monoisotopic (exact) mass is 547 g/mol. The highest BCUT2D eigenvalue weighted by Crippen LogP contribution is 2.31. The molecule has 0 saturated heterocycles. The number of rotatable bonds is 6. The molecule has 1 amide bonds. The number of amides is 1. The molecule has 192 valence electrons. The van der Waals surface area contributed by atoms with E-state index in [1.165, 1.54) is 28.0 Å². The molecule has 2 heterocycles. The van der Waals surface area contributed by atoms with Gasteiger partial charge in [-0.15, -0.1) is 0 Å². The van der Waals surface area contributed by atoms with Gasteiger partial charge in [0.25, 0.3) is 11.5 Å². The van der Waals surface area contributed by atoms with Crippen molar-refractivity contribution in [1.82, 2.24) is 4.57 Å². The van der Waals surface area contributed by atoms with E-state index in [1.54, 1.807) is 49.4 Å². The lowest BCUT2D eigenvalue weighted by molar-refractivity contribution is -0.113. The van der Waals surface area contributed by atoms with Gasteiger partial charge in [0.05, 0.1) is 33.5 Å². The summed E-state index contributed by atoms with van der Waals surface area (Å²) in [6.45, 7) is 4.10. The van der Waals surface area contributed by atoms with E-state index in [9.17, 15) is 14.0 Å². The van der Waals surface area contributed by atoms with Gasteiger partial charge in [0.15, 0.2) is 4.80 Å². The average Bonchev–Trinajstić information content (AvgIpc) is 3.20. The van der Waals surface area contributed by atoms with Crippen LogP contribution in [-0.2, 0) is 4.79 Å². The summed E-state index contributed by atoms with van der Waals surface area (Å²) in [5, 5.41) is 3.33. The van der Waals surface area contributed by atoms with Crippen molar-refractivity contribution in [2.75, 3.05) is 11.9 Å². The summed E-state index contributed by atoms with van der Waals surface area (Å²) in [5.74, 6) is -0.238. The van der Waals surface area contributed by atoms with Gasteiger partial charge in [0.2, 0.25) is 0 Å². The van der Waals surface area contributed by atoms with Crippen LogP contribution in [0.25, 0.3) is 6.08 Å². The fraction of sp³-hybridized carbons (Fsp3) is 0.138. The van der Waals surface area contributed by atoms with Crippen LogP contribution >= 0.6 is 22.9 Å². The Hall–Kier alpha value is -4.01. The second kappa shape index (κ2) is 10.8. The zero-order chi connectivity index (χ0) is 26.8. The van der Waals surface area contributed by atoms with Crippen LogP contribution in [0.1, 0.15) is 31.0 Å². The Balaban J connectivity index is 1.64. The molecular formula is C29H23ClFN3O3S. The quantitative estimate of drug-likeness (QED) is 0.366. The SMILES string of the molecule is CCOc1ccc(/C=c2\sc3n(c2=O)[C@H](c2ccc(F)cc2)C(C(=O)Nc2ccccc2)=C(C)N=3)cc1Cl. The van der Waals surface area contributed by atoms with Crippen LogP contribution in [0.4, 0.5) is 10.1 Å². The number of nitrogens with zero attached hydrogens (tertiary/aromatic N) is 2. The maximum atomic E-state index is 13.8. The van der Waals surface area contributed by atoms with Gasteiger partial charge in [-0.1, -0.05) is 59.3 Å². The van der Waals surface area contributed by atoms with Crippen molar-refractivity contribution < 1.29 is 13.9 Å². The van der Waals surface area contributed by atoms with Crippen molar-refractivity contribution in [3.05, 3.63) is 126 Å². The van der Waals surface area contributed by atoms with Crippen molar-refractivity contribution in [3.63, 3.8) is 0 Å². The lowest BCUT2D eigenvalue weighted by Gasteiger charge is -2.25. The molecule has 6 nitrogen and oxygen atoms in total. The Morgan fingerprint density at radius 1 is 1.16 bits per heavy atom. The van der Waals surface area contributed by atoms with Gasteiger partial charge in [0.1, 0.15) is 11.6 Å². The number of nitrogens with one attached hydrogen (secondary N) is 1. The minimum atomic E-state index is -0.790. The molecule has 0 saturated carbocycles. The molecule has 4 aromatic rings. The Morgan fingerprint density at radius 2 is 1.89 bits per heavy atom. The molecule has 0 radical (unpaired) electrons. The fourth-order valence-corrected chi connectivity index (χ4v) is 5.61. The molecule has 1 aliphatic heterocycles. The molecule has 1 N–H and O–H groups in total. The summed E-state index contributed by atoms with van der Waals surface area (Å²) in [6, 6.07) is 19.3. The van der Waals surface area contributed by atoms with Gasteiger partial charge in [-0.3, -0.25) is 14.2 Å². The smallest absolute Gasteiger partial charge is 0.271 e. The maximum Gasteiger partial charge on any atom is 0.271 e. The van der Waals surface area contributed by atoms with Gasteiger partial charge < -0.3 is 10.1 Å². The first-order valence-corrected chi connectivity index (χ1v) is 13.1. The maximum absolute atomic E-state index is 13.8. The topological polar surface area (TPSA) is 72.7 Å². The van der Waals surface area contributed by atoms with Gasteiger partial charge >= 0.3 is 0 Å². The van der Waals surface area contributed by atoms with Crippen LogP contribution in [-0.4, -0.2) is 17.1 Å². The largest absolute Gasteiger partial charge is 0.492 e. The van der Waals surface area contributed by atoms with E-state index in [1.807, 2.05) is 31.2 Å². The number of halogens is 2. The Labute approximate surface area is 227 Å². The Bertz CT molecular complexity index is 1730. The number of hydrogen-bond acceptors (Lipinski definition) is 5. The van der Waals surface area contributed by atoms with Crippen molar-refractivity contribution in [2.24, 2.45) is 4.99 Å². The third-order valence-electron chi connectivity index (χ3n) is 6.04. The summed E-state index contributed by atoms with van der Waals surface area (Å²) in [7, 11) is 0. The van der Waals surface area contributed by atoms with Gasteiger partial charge in [-0.25, -0.2) is 9.38 Å². The normalized spacial score (nSPS) is 15.2. The average molecular weight is 548 g/mol. The van der Waals surface area contributed by atoms with E-state index in [4.69, 9.17) is 16.3 Å². The molecule has 0 unspecified atom stereocenters. The van der Waals surface area contributed by atoms with Crippen LogP contribution in [0.5, 0.6) is 5.75 Å². The van der Waals surface area contributed by atoms with Crippen molar-refractivity contribution in [3.8, 4) is 5.75 Å².